The summed E-state index contributed by atoms with van der Waals surface area (Å²) in [5.41, 5.74) is 0.960. The highest BCUT2D eigenvalue weighted by Gasteiger charge is 1.76. The van der Waals surface area contributed by atoms with E-state index >= 15 is 0 Å². The molecule has 0 aromatic carbocycles. The van der Waals surface area contributed by atoms with Crippen LogP contribution in [0.4, 0.5) is 0 Å². The van der Waals surface area contributed by atoms with Crippen LogP contribution < -0.4 is 0 Å². The van der Waals surface area contributed by atoms with Crippen LogP contribution in [0.1, 0.15) is 6.92 Å². The van der Waals surface area contributed by atoms with E-state index in [0.717, 1.165) is 11.9 Å². The van der Waals surface area contributed by atoms with Crippen molar-refractivity contribution in [1.29, 1.82) is 0 Å². The molecule has 0 saturated heterocycles. The molecular weight excluding hydrogens is 112 g/mol. The van der Waals surface area contributed by atoms with Crippen molar-refractivity contribution in [2.75, 3.05) is 0 Å². The Morgan fingerprint density at radius 3 is 2.56 bits per heavy atom. The van der Waals surface area contributed by atoms with Crippen molar-refractivity contribution >= 4 is 6.29 Å². The molecule has 0 spiro atoms. The zero-order valence-electron chi connectivity index (χ0n) is 5.50. The summed E-state index contributed by atoms with van der Waals surface area (Å²) in [7, 11) is 0. The zero-order valence-corrected chi connectivity index (χ0v) is 5.50. The average Bonchev–Trinajstić information content (AvgIpc) is 1.91. The van der Waals surface area contributed by atoms with E-state index in [1.165, 1.54) is 6.08 Å². The minimum atomic E-state index is 0.743. The molecule has 0 radical (unpaired) electrons. The first-order chi connectivity index (χ1) is 4.35. The van der Waals surface area contributed by atoms with Crippen molar-refractivity contribution < 1.29 is 4.79 Å². The third-order valence-corrected chi connectivity index (χ3v) is 0.936. The Morgan fingerprint density at radius 2 is 2.22 bits per heavy atom. The monoisotopic (exact) mass is 122 g/mol. The number of hydrogen-bond donors (Lipinski definition) is 0. The molecule has 0 amide bonds. The van der Waals surface area contributed by atoms with E-state index in [4.69, 9.17) is 0 Å². The first-order valence-corrected chi connectivity index (χ1v) is 2.75. The fourth-order valence-corrected chi connectivity index (χ4v) is 0.433. The van der Waals surface area contributed by atoms with E-state index in [-0.39, 0.29) is 0 Å². The lowest BCUT2D eigenvalue weighted by molar-refractivity contribution is -0.104. The molecule has 48 valence electrons. The van der Waals surface area contributed by atoms with Crippen LogP contribution in [-0.4, -0.2) is 6.29 Å². The number of allylic oxidation sites excluding steroid dienone is 5. The maximum atomic E-state index is 9.79. The Kier molecular flexibility index (Phi) is 4.41. The average molecular weight is 122 g/mol. The number of carbonyl (C=O) groups is 1. The minimum absolute atomic E-state index is 0.743. The lowest BCUT2D eigenvalue weighted by atomic mass is 10.2. The third kappa shape index (κ3) is 3.47. The maximum Gasteiger partial charge on any atom is 0.142 e. The second kappa shape index (κ2) is 5.04. The van der Waals surface area contributed by atoms with E-state index in [0.29, 0.717) is 0 Å². The molecule has 0 atom stereocenters. The minimum Gasteiger partial charge on any atom is -0.299 e. The number of rotatable bonds is 3. The van der Waals surface area contributed by atoms with Crippen LogP contribution in [0.3, 0.4) is 0 Å². The Balaban J connectivity index is 3.99. The molecule has 0 rings (SSSR count). The summed E-state index contributed by atoms with van der Waals surface area (Å²) in [6.45, 7) is 5.44. The SMILES string of the molecule is C=CC(/C=C/C=O)=C\C. The summed E-state index contributed by atoms with van der Waals surface area (Å²) in [4.78, 5) is 9.79. The van der Waals surface area contributed by atoms with Gasteiger partial charge < -0.3 is 0 Å². The molecule has 0 aromatic heterocycles. The van der Waals surface area contributed by atoms with Crippen LogP contribution in [-0.2, 0) is 4.79 Å². The third-order valence-electron chi connectivity index (χ3n) is 0.936. The van der Waals surface area contributed by atoms with E-state index in [1.807, 2.05) is 13.0 Å². The van der Waals surface area contributed by atoms with Crippen LogP contribution in [0.5, 0.6) is 0 Å². The van der Waals surface area contributed by atoms with E-state index in [1.54, 1.807) is 12.2 Å². The van der Waals surface area contributed by atoms with Crippen LogP contribution >= 0.6 is 0 Å². The maximum absolute atomic E-state index is 9.79. The fraction of sp³-hybridized carbons (Fsp3) is 0.125. The first-order valence-electron chi connectivity index (χ1n) is 2.75. The molecule has 0 unspecified atom stereocenters. The van der Waals surface area contributed by atoms with Gasteiger partial charge >= 0.3 is 0 Å². The summed E-state index contributed by atoms with van der Waals surface area (Å²) in [5, 5.41) is 0. The van der Waals surface area contributed by atoms with Gasteiger partial charge in [0.25, 0.3) is 0 Å². The van der Waals surface area contributed by atoms with Gasteiger partial charge in [-0.25, -0.2) is 0 Å². The van der Waals surface area contributed by atoms with Crippen molar-refractivity contribution in [1.82, 2.24) is 0 Å². The van der Waals surface area contributed by atoms with Gasteiger partial charge in [0.05, 0.1) is 0 Å². The summed E-state index contributed by atoms with van der Waals surface area (Å²) in [6, 6.07) is 0. The zero-order chi connectivity index (χ0) is 7.11. The normalized spacial score (nSPS) is 11.9. The van der Waals surface area contributed by atoms with Crippen LogP contribution in [0, 0.1) is 0 Å². The first kappa shape index (κ1) is 7.89. The van der Waals surface area contributed by atoms with Gasteiger partial charge in [0.15, 0.2) is 0 Å². The molecular formula is C8H10O. The van der Waals surface area contributed by atoms with Gasteiger partial charge in [0.2, 0.25) is 0 Å². The van der Waals surface area contributed by atoms with Gasteiger partial charge in [-0.1, -0.05) is 24.8 Å². The van der Waals surface area contributed by atoms with Crippen LogP contribution in [0.25, 0.3) is 0 Å². The highest BCUT2D eigenvalue weighted by Crippen LogP contribution is 1.95. The molecule has 0 aliphatic rings. The van der Waals surface area contributed by atoms with Crippen LogP contribution in [0.2, 0.25) is 0 Å². The van der Waals surface area contributed by atoms with Crippen molar-refractivity contribution in [3.8, 4) is 0 Å². The van der Waals surface area contributed by atoms with E-state index in [2.05, 4.69) is 6.58 Å². The van der Waals surface area contributed by atoms with Crippen molar-refractivity contribution in [2.24, 2.45) is 0 Å². The van der Waals surface area contributed by atoms with Crippen molar-refractivity contribution in [3.05, 3.63) is 36.5 Å². The molecule has 0 N–H and O–H groups in total. The standard InChI is InChI=1S/C8H10O/c1-3-8(4-2)6-5-7-9/h3-7H,1H2,2H3/b6-5+,8-4+. The van der Waals surface area contributed by atoms with E-state index in [9.17, 15) is 4.79 Å². The van der Waals surface area contributed by atoms with Gasteiger partial charge in [0.1, 0.15) is 6.29 Å². The summed E-state index contributed by atoms with van der Waals surface area (Å²) in [6.07, 6.45) is 7.47. The quantitative estimate of drug-likeness (QED) is 0.317. The van der Waals surface area contributed by atoms with Crippen LogP contribution in [0.15, 0.2) is 36.5 Å². The molecule has 1 heteroatoms. The highest BCUT2D eigenvalue weighted by molar-refractivity contribution is 5.66. The molecule has 0 fully saturated rings. The molecule has 9 heavy (non-hydrogen) atoms. The molecule has 0 aliphatic carbocycles. The second-order valence-electron chi connectivity index (χ2n) is 1.49. The Morgan fingerprint density at radius 1 is 1.56 bits per heavy atom. The predicted octanol–water partition coefficient (Wildman–Crippen LogP) is 1.87. The smallest absolute Gasteiger partial charge is 0.142 e. The molecule has 1 nitrogen and oxygen atoms in total. The second-order valence-corrected chi connectivity index (χ2v) is 1.49. The van der Waals surface area contributed by atoms with Gasteiger partial charge in [-0.3, -0.25) is 4.79 Å². The lowest BCUT2D eigenvalue weighted by Gasteiger charge is -1.84. The summed E-state index contributed by atoms with van der Waals surface area (Å²) >= 11 is 0. The van der Waals surface area contributed by atoms with Crippen molar-refractivity contribution in [3.63, 3.8) is 0 Å². The van der Waals surface area contributed by atoms with Gasteiger partial charge in [-0.15, -0.1) is 0 Å². The molecule has 0 bridgehead atoms. The number of hydrogen-bond acceptors (Lipinski definition) is 1. The molecule has 0 heterocycles. The number of aldehydes is 1. The summed E-state index contributed by atoms with van der Waals surface area (Å²) in [5.74, 6) is 0. The fourth-order valence-electron chi connectivity index (χ4n) is 0.433. The topological polar surface area (TPSA) is 17.1 Å². The lowest BCUT2D eigenvalue weighted by Crippen LogP contribution is -1.67. The van der Waals surface area contributed by atoms with Gasteiger partial charge in [-0.05, 0) is 18.6 Å². The van der Waals surface area contributed by atoms with E-state index < -0.39 is 0 Å². The highest BCUT2D eigenvalue weighted by atomic mass is 16.1. The summed E-state index contributed by atoms with van der Waals surface area (Å²) < 4.78 is 0. The Labute approximate surface area is 55.4 Å². The molecule has 0 saturated carbocycles. The Hall–Kier alpha value is -1.11. The van der Waals surface area contributed by atoms with Gasteiger partial charge in [-0.2, -0.15) is 0 Å². The molecule has 0 aromatic rings. The number of carbonyl (C=O) groups excluding carboxylic acids is 1. The Bertz CT molecular complexity index is 152. The van der Waals surface area contributed by atoms with Crippen molar-refractivity contribution in [2.45, 2.75) is 6.92 Å². The van der Waals surface area contributed by atoms with Gasteiger partial charge in [0, 0.05) is 0 Å². The molecule has 0 aliphatic heterocycles. The largest absolute Gasteiger partial charge is 0.299 e. The predicted molar refractivity (Wildman–Crippen MR) is 39.2 cm³/mol.